The average Bonchev–Trinajstić information content (AvgIpc) is 2.20. The first-order valence-electron chi connectivity index (χ1n) is 4.50. The molecule has 0 amide bonds. The number of nitrogens with two attached hydrogens (primary N) is 1. The quantitative estimate of drug-likeness (QED) is 0.576. The molecule has 1 unspecified atom stereocenters. The Morgan fingerprint density at radius 3 is 2.64 bits per heavy atom. The molecule has 2 N–H and O–H groups in total. The summed E-state index contributed by atoms with van der Waals surface area (Å²) in [4.78, 5) is 11.3. The SMILES string of the molecule is COC(=O)C(C)c1ccc(N)c(C)c1. The lowest BCUT2D eigenvalue weighted by Crippen LogP contribution is -2.11. The van der Waals surface area contributed by atoms with Crippen molar-refractivity contribution in [3.05, 3.63) is 29.3 Å². The van der Waals surface area contributed by atoms with Gasteiger partial charge in [0.1, 0.15) is 0 Å². The van der Waals surface area contributed by atoms with Crippen molar-refractivity contribution >= 4 is 11.7 Å². The first-order chi connectivity index (χ1) is 6.56. The van der Waals surface area contributed by atoms with Gasteiger partial charge in [0, 0.05) is 5.69 Å². The van der Waals surface area contributed by atoms with Gasteiger partial charge >= 0.3 is 5.97 Å². The number of hydrogen-bond donors (Lipinski definition) is 1. The van der Waals surface area contributed by atoms with Crippen molar-refractivity contribution in [2.45, 2.75) is 19.8 Å². The monoisotopic (exact) mass is 193 g/mol. The third kappa shape index (κ3) is 2.05. The van der Waals surface area contributed by atoms with Crippen molar-refractivity contribution in [1.29, 1.82) is 0 Å². The van der Waals surface area contributed by atoms with Crippen molar-refractivity contribution in [3.8, 4) is 0 Å². The summed E-state index contributed by atoms with van der Waals surface area (Å²) in [5, 5.41) is 0. The molecule has 0 aromatic heterocycles. The molecular weight excluding hydrogens is 178 g/mol. The van der Waals surface area contributed by atoms with Gasteiger partial charge in [-0.3, -0.25) is 4.79 Å². The van der Waals surface area contributed by atoms with E-state index in [9.17, 15) is 4.79 Å². The standard InChI is InChI=1S/C11H15NO2/c1-7-6-9(4-5-10(7)12)8(2)11(13)14-3/h4-6,8H,12H2,1-3H3. The van der Waals surface area contributed by atoms with Crippen LogP contribution in [0.4, 0.5) is 5.69 Å². The molecule has 1 aromatic rings. The van der Waals surface area contributed by atoms with E-state index < -0.39 is 0 Å². The van der Waals surface area contributed by atoms with Crippen LogP contribution in [0.25, 0.3) is 0 Å². The fourth-order valence-electron chi connectivity index (χ4n) is 1.28. The van der Waals surface area contributed by atoms with E-state index in [1.807, 2.05) is 32.0 Å². The van der Waals surface area contributed by atoms with Crippen LogP contribution in [0.2, 0.25) is 0 Å². The molecule has 3 nitrogen and oxygen atoms in total. The molecule has 0 aliphatic carbocycles. The van der Waals surface area contributed by atoms with Gasteiger partial charge in [-0.1, -0.05) is 12.1 Å². The summed E-state index contributed by atoms with van der Waals surface area (Å²) >= 11 is 0. The topological polar surface area (TPSA) is 52.3 Å². The minimum absolute atomic E-state index is 0.228. The van der Waals surface area contributed by atoms with Crippen LogP contribution in [0, 0.1) is 6.92 Å². The molecule has 76 valence electrons. The van der Waals surface area contributed by atoms with Crippen LogP contribution < -0.4 is 5.73 Å². The minimum atomic E-state index is -0.237. The molecule has 0 radical (unpaired) electrons. The number of aryl methyl sites for hydroxylation is 1. The Hall–Kier alpha value is -1.51. The molecule has 0 heterocycles. The normalized spacial score (nSPS) is 12.2. The van der Waals surface area contributed by atoms with Gasteiger partial charge in [-0.05, 0) is 31.0 Å². The van der Waals surface area contributed by atoms with Crippen molar-refractivity contribution in [3.63, 3.8) is 0 Å². The van der Waals surface area contributed by atoms with Gasteiger partial charge in [-0.2, -0.15) is 0 Å². The molecule has 0 aliphatic heterocycles. The predicted octanol–water partition coefficient (Wildman–Crippen LogP) is 1.85. The van der Waals surface area contributed by atoms with Gasteiger partial charge in [0.05, 0.1) is 13.0 Å². The smallest absolute Gasteiger partial charge is 0.312 e. The molecule has 3 heteroatoms. The van der Waals surface area contributed by atoms with Crippen LogP contribution in [0.15, 0.2) is 18.2 Å². The number of anilines is 1. The first-order valence-corrected chi connectivity index (χ1v) is 4.50. The number of carbonyl (C=O) groups is 1. The molecule has 1 aromatic carbocycles. The molecule has 0 saturated carbocycles. The highest BCUT2D eigenvalue weighted by atomic mass is 16.5. The van der Waals surface area contributed by atoms with Crippen LogP contribution in [0.1, 0.15) is 24.0 Å². The lowest BCUT2D eigenvalue weighted by Gasteiger charge is -2.10. The highest BCUT2D eigenvalue weighted by Crippen LogP contribution is 2.20. The van der Waals surface area contributed by atoms with Crippen molar-refractivity contribution in [2.24, 2.45) is 0 Å². The number of carbonyl (C=O) groups excluding carboxylic acids is 1. The molecular formula is C11H15NO2. The van der Waals surface area contributed by atoms with Crippen LogP contribution in [0.3, 0.4) is 0 Å². The predicted molar refractivity (Wildman–Crippen MR) is 56.0 cm³/mol. The fourth-order valence-corrected chi connectivity index (χ4v) is 1.28. The average molecular weight is 193 g/mol. The number of rotatable bonds is 2. The summed E-state index contributed by atoms with van der Waals surface area (Å²) in [5.74, 6) is -0.464. The number of benzene rings is 1. The molecule has 0 fully saturated rings. The summed E-state index contributed by atoms with van der Waals surface area (Å²) in [6, 6.07) is 5.57. The second-order valence-electron chi connectivity index (χ2n) is 3.36. The molecule has 0 aliphatic rings. The maximum atomic E-state index is 11.3. The van der Waals surface area contributed by atoms with Crippen molar-refractivity contribution in [1.82, 2.24) is 0 Å². The molecule has 0 spiro atoms. The third-order valence-electron chi connectivity index (χ3n) is 2.35. The van der Waals surface area contributed by atoms with Crippen molar-refractivity contribution < 1.29 is 9.53 Å². The van der Waals surface area contributed by atoms with Gasteiger partial charge in [0.25, 0.3) is 0 Å². The third-order valence-corrected chi connectivity index (χ3v) is 2.35. The Morgan fingerprint density at radius 2 is 2.14 bits per heavy atom. The molecule has 0 bridgehead atoms. The summed E-state index contributed by atoms with van der Waals surface area (Å²) in [5.41, 5.74) is 8.34. The van der Waals surface area contributed by atoms with E-state index in [1.165, 1.54) is 7.11 Å². The second-order valence-corrected chi connectivity index (χ2v) is 3.36. The molecule has 14 heavy (non-hydrogen) atoms. The fraction of sp³-hybridized carbons (Fsp3) is 0.364. The Labute approximate surface area is 83.9 Å². The minimum Gasteiger partial charge on any atom is -0.469 e. The highest BCUT2D eigenvalue weighted by molar-refractivity contribution is 5.77. The van der Waals surface area contributed by atoms with Crippen LogP contribution in [-0.4, -0.2) is 13.1 Å². The Morgan fingerprint density at radius 1 is 1.50 bits per heavy atom. The zero-order valence-corrected chi connectivity index (χ0v) is 8.70. The zero-order chi connectivity index (χ0) is 10.7. The Bertz CT molecular complexity index is 347. The summed E-state index contributed by atoms with van der Waals surface area (Å²) in [6.45, 7) is 3.74. The van der Waals surface area contributed by atoms with E-state index in [1.54, 1.807) is 0 Å². The van der Waals surface area contributed by atoms with Crippen LogP contribution in [-0.2, 0) is 9.53 Å². The lowest BCUT2D eigenvalue weighted by atomic mass is 9.99. The van der Waals surface area contributed by atoms with Gasteiger partial charge in [-0.15, -0.1) is 0 Å². The Kier molecular flexibility index (Phi) is 3.12. The zero-order valence-electron chi connectivity index (χ0n) is 8.70. The Balaban J connectivity index is 2.96. The largest absolute Gasteiger partial charge is 0.469 e. The number of methoxy groups -OCH3 is 1. The molecule has 1 atom stereocenters. The van der Waals surface area contributed by atoms with E-state index in [0.717, 1.165) is 16.8 Å². The van der Waals surface area contributed by atoms with Crippen LogP contribution in [0.5, 0.6) is 0 Å². The van der Waals surface area contributed by atoms with E-state index in [-0.39, 0.29) is 11.9 Å². The van der Waals surface area contributed by atoms with E-state index in [0.29, 0.717) is 0 Å². The van der Waals surface area contributed by atoms with E-state index >= 15 is 0 Å². The number of ether oxygens (including phenoxy) is 1. The van der Waals surface area contributed by atoms with Gasteiger partial charge in [0.15, 0.2) is 0 Å². The van der Waals surface area contributed by atoms with Crippen molar-refractivity contribution in [2.75, 3.05) is 12.8 Å². The summed E-state index contributed by atoms with van der Waals surface area (Å²) in [6.07, 6.45) is 0. The summed E-state index contributed by atoms with van der Waals surface area (Å²) < 4.78 is 4.67. The van der Waals surface area contributed by atoms with E-state index in [4.69, 9.17) is 5.73 Å². The van der Waals surface area contributed by atoms with E-state index in [2.05, 4.69) is 4.74 Å². The van der Waals surface area contributed by atoms with Gasteiger partial charge in [-0.25, -0.2) is 0 Å². The second kappa shape index (κ2) is 4.13. The maximum Gasteiger partial charge on any atom is 0.312 e. The molecule has 1 rings (SSSR count). The number of hydrogen-bond acceptors (Lipinski definition) is 3. The van der Waals surface area contributed by atoms with Gasteiger partial charge in [0.2, 0.25) is 0 Å². The number of esters is 1. The summed E-state index contributed by atoms with van der Waals surface area (Å²) in [7, 11) is 1.39. The highest BCUT2D eigenvalue weighted by Gasteiger charge is 2.15. The lowest BCUT2D eigenvalue weighted by molar-refractivity contribution is -0.141. The van der Waals surface area contributed by atoms with Crippen LogP contribution >= 0.6 is 0 Å². The van der Waals surface area contributed by atoms with Gasteiger partial charge < -0.3 is 10.5 Å². The maximum absolute atomic E-state index is 11.3. The number of nitrogen functional groups attached to an aromatic ring is 1. The first kappa shape index (κ1) is 10.6. The molecule has 0 saturated heterocycles.